The molecule has 0 saturated heterocycles. The number of halogens is 1. The number of hydrogen-bond acceptors (Lipinski definition) is 5. The van der Waals surface area contributed by atoms with E-state index in [0.29, 0.717) is 6.42 Å². The van der Waals surface area contributed by atoms with Crippen LogP contribution >= 0.6 is 0 Å². The third-order valence-corrected chi connectivity index (χ3v) is 4.53. The lowest BCUT2D eigenvalue weighted by Crippen LogP contribution is -2.16. The van der Waals surface area contributed by atoms with Gasteiger partial charge >= 0.3 is 10.2 Å². The minimum atomic E-state index is -4.92. The molecule has 0 atom stereocenters. The molecule has 108 valence electrons. The summed E-state index contributed by atoms with van der Waals surface area (Å²) in [5.74, 6) is -0.336. The molecule has 0 radical (unpaired) electrons. The fourth-order valence-electron chi connectivity index (χ4n) is 1.43. The molecule has 9 heteroatoms. The molecule has 0 amide bonds. The van der Waals surface area contributed by atoms with E-state index in [1.807, 2.05) is 0 Å². The molecule has 0 heterocycles. The average Bonchev–Trinajstić information content (AvgIpc) is 2.26. The second-order valence-corrected chi connectivity index (χ2v) is 6.88. The molecule has 0 bridgehead atoms. The van der Waals surface area contributed by atoms with Crippen LogP contribution < -0.4 is 9.46 Å². The third kappa shape index (κ3) is 4.35. The van der Waals surface area contributed by atoms with Crippen LogP contribution in [0.25, 0.3) is 0 Å². The Morgan fingerprint density at radius 1 is 1.26 bits per heavy atom. The maximum Gasteiger partial charge on any atom is 0.335 e. The summed E-state index contributed by atoms with van der Waals surface area (Å²) in [5.41, 5.74) is 0.109. The molecule has 0 aliphatic rings. The summed E-state index contributed by atoms with van der Waals surface area (Å²) < 4.78 is 64.6. The summed E-state index contributed by atoms with van der Waals surface area (Å²) in [5, 5.41) is 0. The van der Waals surface area contributed by atoms with Gasteiger partial charge in [-0.3, -0.25) is 4.72 Å². The van der Waals surface area contributed by atoms with E-state index in [1.54, 1.807) is 6.92 Å². The summed E-state index contributed by atoms with van der Waals surface area (Å²) in [4.78, 5) is -0.645. The monoisotopic (exact) mass is 311 g/mol. The molecule has 0 aromatic heterocycles. The van der Waals surface area contributed by atoms with Crippen LogP contribution in [0.5, 0.6) is 5.75 Å². The molecule has 0 aliphatic heterocycles. The molecule has 1 N–H and O–H groups in total. The fourth-order valence-corrected chi connectivity index (χ4v) is 3.17. The SMILES string of the molecule is CCCS(=O)(=O)Nc1ccc(S(=O)(=O)F)c(OC)c1. The second-order valence-electron chi connectivity index (χ2n) is 3.72. The topological polar surface area (TPSA) is 89.5 Å². The first kappa shape index (κ1) is 15.7. The molecule has 19 heavy (non-hydrogen) atoms. The van der Waals surface area contributed by atoms with E-state index in [2.05, 4.69) is 4.72 Å². The molecule has 0 unspecified atom stereocenters. The van der Waals surface area contributed by atoms with E-state index >= 15 is 0 Å². The lowest BCUT2D eigenvalue weighted by Gasteiger charge is -2.10. The van der Waals surface area contributed by atoms with Gasteiger partial charge in [0.2, 0.25) is 10.0 Å². The zero-order valence-corrected chi connectivity index (χ0v) is 12.0. The molecule has 1 aromatic rings. The quantitative estimate of drug-likeness (QED) is 0.804. The highest BCUT2D eigenvalue weighted by Gasteiger charge is 2.19. The Hall–Kier alpha value is -1.35. The van der Waals surface area contributed by atoms with Gasteiger partial charge in [0.15, 0.2) is 0 Å². The highest BCUT2D eigenvalue weighted by Crippen LogP contribution is 2.29. The first-order valence-electron chi connectivity index (χ1n) is 5.33. The van der Waals surface area contributed by atoms with Crippen molar-refractivity contribution in [1.29, 1.82) is 0 Å². The van der Waals surface area contributed by atoms with Crippen molar-refractivity contribution in [2.45, 2.75) is 18.2 Å². The highest BCUT2D eigenvalue weighted by molar-refractivity contribution is 7.92. The Morgan fingerprint density at radius 2 is 1.89 bits per heavy atom. The van der Waals surface area contributed by atoms with Crippen molar-refractivity contribution in [2.24, 2.45) is 0 Å². The predicted octanol–water partition coefficient (Wildman–Crippen LogP) is 1.51. The minimum absolute atomic E-state index is 0.0710. The van der Waals surface area contributed by atoms with Gasteiger partial charge in [-0.2, -0.15) is 8.42 Å². The van der Waals surface area contributed by atoms with Gasteiger partial charge in [0.1, 0.15) is 10.6 Å². The Morgan fingerprint density at radius 3 is 2.37 bits per heavy atom. The average molecular weight is 311 g/mol. The van der Waals surface area contributed by atoms with Crippen LogP contribution in [0.3, 0.4) is 0 Å². The first-order valence-corrected chi connectivity index (χ1v) is 8.36. The molecule has 1 aromatic carbocycles. The van der Waals surface area contributed by atoms with Crippen molar-refractivity contribution in [2.75, 3.05) is 17.6 Å². The maximum absolute atomic E-state index is 12.9. The summed E-state index contributed by atoms with van der Waals surface area (Å²) in [6, 6.07) is 3.21. The number of ether oxygens (including phenoxy) is 1. The van der Waals surface area contributed by atoms with E-state index in [4.69, 9.17) is 4.74 Å². The van der Waals surface area contributed by atoms with E-state index in [9.17, 15) is 20.7 Å². The summed E-state index contributed by atoms with van der Waals surface area (Å²) >= 11 is 0. The third-order valence-electron chi connectivity index (χ3n) is 2.17. The van der Waals surface area contributed by atoms with Gasteiger partial charge in [-0.05, 0) is 18.6 Å². The van der Waals surface area contributed by atoms with Crippen molar-refractivity contribution < 1.29 is 25.5 Å². The number of anilines is 1. The van der Waals surface area contributed by atoms with Crippen molar-refractivity contribution in [3.63, 3.8) is 0 Å². The standard InChI is InChI=1S/C10H14FNO5S2/c1-3-6-18(13,14)12-8-4-5-10(19(11,15)16)9(7-8)17-2/h4-5,7,12H,3,6H2,1-2H3. The van der Waals surface area contributed by atoms with E-state index in [-0.39, 0.29) is 17.2 Å². The van der Waals surface area contributed by atoms with Gasteiger partial charge in [-0.15, -0.1) is 3.89 Å². The number of sulfonamides is 1. The van der Waals surface area contributed by atoms with Crippen LogP contribution in [0.1, 0.15) is 13.3 Å². The molecule has 6 nitrogen and oxygen atoms in total. The number of rotatable bonds is 6. The van der Waals surface area contributed by atoms with Gasteiger partial charge in [-0.1, -0.05) is 6.92 Å². The van der Waals surface area contributed by atoms with E-state index < -0.39 is 25.1 Å². The molecule has 0 spiro atoms. The molecular weight excluding hydrogens is 297 g/mol. The zero-order valence-electron chi connectivity index (χ0n) is 10.4. The van der Waals surface area contributed by atoms with Crippen LogP contribution in [0.4, 0.5) is 9.57 Å². The fraction of sp³-hybridized carbons (Fsp3) is 0.400. The Balaban J connectivity index is 3.15. The van der Waals surface area contributed by atoms with Crippen molar-refractivity contribution in [3.8, 4) is 5.75 Å². The van der Waals surface area contributed by atoms with E-state index in [0.717, 1.165) is 25.3 Å². The Labute approximate surface area is 111 Å². The molecule has 0 aliphatic carbocycles. The van der Waals surface area contributed by atoms with Crippen molar-refractivity contribution in [1.82, 2.24) is 0 Å². The smallest absolute Gasteiger partial charge is 0.335 e. The largest absolute Gasteiger partial charge is 0.495 e. The normalized spacial score (nSPS) is 12.2. The lowest BCUT2D eigenvalue weighted by molar-refractivity contribution is 0.401. The molecule has 0 saturated carbocycles. The van der Waals surface area contributed by atoms with Crippen molar-refractivity contribution >= 4 is 25.9 Å². The van der Waals surface area contributed by atoms with Gasteiger partial charge in [-0.25, -0.2) is 8.42 Å². The van der Waals surface area contributed by atoms with Gasteiger partial charge in [0.25, 0.3) is 0 Å². The minimum Gasteiger partial charge on any atom is -0.495 e. The zero-order chi connectivity index (χ0) is 14.7. The van der Waals surface area contributed by atoms with Crippen LogP contribution in [0, 0.1) is 0 Å². The number of hydrogen-bond donors (Lipinski definition) is 1. The highest BCUT2D eigenvalue weighted by atomic mass is 32.3. The molecule has 1 rings (SSSR count). The van der Waals surface area contributed by atoms with E-state index in [1.165, 1.54) is 0 Å². The number of benzene rings is 1. The van der Waals surface area contributed by atoms with Crippen LogP contribution in [0.15, 0.2) is 23.1 Å². The molecule has 0 fully saturated rings. The summed E-state index contributed by atoms with van der Waals surface area (Å²) in [7, 11) is -7.26. The van der Waals surface area contributed by atoms with Crippen LogP contribution in [0.2, 0.25) is 0 Å². The first-order chi connectivity index (χ1) is 8.69. The summed E-state index contributed by atoms with van der Waals surface area (Å²) in [6.45, 7) is 1.71. The number of methoxy groups -OCH3 is 1. The predicted molar refractivity (Wildman–Crippen MR) is 69.0 cm³/mol. The second kappa shape index (κ2) is 5.74. The maximum atomic E-state index is 12.9. The van der Waals surface area contributed by atoms with Crippen LogP contribution in [-0.2, 0) is 20.2 Å². The Bertz CT molecular complexity index is 654. The van der Waals surface area contributed by atoms with Crippen LogP contribution in [-0.4, -0.2) is 29.7 Å². The van der Waals surface area contributed by atoms with Crippen molar-refractivity contribution in [3.05, 3.63) is 18.2 Å². The Kier molecular flexibility index (Phi) is 4.75. The van der Waals surface area contributed by atoms with Gasteiger partial charge in [0.05, 0.1) is 18.6 Å². The lowest BCUT2D eigenvalue weighted by atomic mass is 10.3. The number of nitrogens with one attached hydrogen (secondary N) is 1. The van der Waals surface area contributed by atoms with Gasteiger partial charge in [0, 0.05) is 6.07 Å². The molecular formula is C10H14FNO5S2. The van der Waals surface area contributed by atoms with Gasteiger partial charge < -0.3 is 4.74 Å². The summed E-state index contributed by atoms with van der Waals surface area (Å²) in [6.07, 6.45) is 0.434.